The van der Waals surface area contributed by atoms with Gasteiger partial charge in [0.1, 0.15) is 0 Å². The number of unbranched alkanes of at least 4 members (excludes halogenated alkanes) is 2. The zero-order chi connectivity index (χ0) is 11.5. The summed E-state index contributed by atoms with van der Waals surface area (Å²) in [5.41, 5.74) is 0.644. The van der Waals surface area contributed by atoms with Crippen molar-refractivity contribution >= 4 is 0 Å². The van der Waals surface area contributed by atoms with Crippen molar-refractivity contribution in [1.82, 2.24) is 0 Å². The van der Waals surface area contributed by atoms with Gasteiger partial charge in [0.25, 0.3) is 0 Å². The van der Waals surface area contributed by atoms with Crippen LogP contribution in [0, 0.1) is 11.3 Å². The number of hydrogen-bond acceptors (Lipinski definition) is 2. The molecule has 1 N–H and O–H groups in total. The Morgan fingerprint density at radius 2 is 1.73 bits per heavy atom. The molecule has 2 nitrogen and oxygen atoms in total. The second-order valence-corrected chi connectivity index (χ2v) is 3.30. The summed E-state index contributed by atoms with van der Waals surface area (Å²) in [5.74, 6) is 0. The third-order valence-corrected chi connectivity index (χ3v) is 1.94. The summed E-state index contributed by atoms with van der Waals surface area (Å²) in [7, 11) is 0. The molecule has 1 rings (SSSR count). The first-order valence-corrected chi connectivity index (χ1v) is 5.38. The highest BCUT2D eigenvalue weighted by molar-refractivity contribution is 5.21. The average molecular weight is 205 g/mol. The number of aliphatic hydroxyl groups excluding tert-OH is 1. The Morgan fingerprint density at radius 3 is 2.07 bits per heavy atom. The first-order valence-electron chi connectivity index (χ1n) is 5.38. The summed E-state index contributed by atoms with van der Waals surface area (Å²) < 4.78 is 0. The number of nitriles is 1. The van der Waals surface area contributed by atoms with E-state index in [4.69, 9.17) is 10.4 Å². The fourth-order valence-corrected chi connectivity index (χ4v) is 1.06. The van der Waals surface area contributed by atoms with Gasteiger partial charge < -0.3 is 5.11 Å². The molecule has 0 heterocycles. The van der Waals surface area contributed by atoms with Crippen LogP contribution in [-0.4, -0.2) is 5.11 Å². The van der Waals surface area contributed by atoms with E-state index in [-0.39, 0.29) is 0 Å². The molecule has 0 spiro atoms. The maximum atomic E-state index is 8.97. The molecule has 82 valence electrons. The highest BCUT2D eigenvalue weighted by Gasteiger charge is 2.01. The monoisotopic (exact) mass is 205 g/mol. The molecule has 0 amide bonds. The molecule has 2 heteroatoms. The minimum atomic E-state index is -0.985. The number of hydrogen-bond donors (Lipinski definition) is 1. The van der Waals surface area contributed by atoms with Crippen LogP contribution in [0.3, 0.4) is 0 Å². The van der Waals surface area contributed by atoms with Crippen LogP contribution in [0.2, 0.25) is 0 Å². The fourth-order valence-electron chi connectivity index (χ4n) is 1.06. The second kappa shape index (κ2) is 9.23. The van der Waals surface area contributed by atoms with Gasteiger partial charge in [-0.3, -0.25) is 0 Å². The van der Waals surface area contributed by atoms with Crippen LogP contribution in [-0.2, 0) is 0 Å². The SMILES string of the molecule is CCCCC.N#CC(O)c1ccccc1. The molecular weight excluding hydrogens is 186 g/mol. The van der Waals surface area contributed by atoms with Gasteiger partial charge in [-0.15, -0.1) is 0 Å². The van der Waals surface area contributed by atoms with Gasteiger partial charge in [0.2, 0.25) is 0 Å². The van der Waals surface area contributed by atoms with Crippen LogP contribution in [0.4, 0.5) is 0 Å². The van der Waals surface area contributed by atoms with E-state index in [9.17, 15) is 0 Å². The molecule has 0 aliphatic heterocycles. The van der Waals surface area contributed by atoms with Crippen LogP contribution in [0.15, 0.2) is 30.3 Å². The zero-order valence-corrected chi connectivity index (χ0v) is 9.48. The molecule has 1 aromatic rings. The lowest BCUT2D eigenvalue weighted by molar-refractivity contribution is 0.236. The van der Waals surface area contributed by atoms with Crippen molar-refractivity contribution < 1.29 is 5.11 Å². The molecular formula is C13H19NO. The fraction of sp³-hybridized carbons (Fsp3) is 0.462. The van der Waals surface area contributed by atoms with Gasteiger partial charge in [0.05, 0.1) is 6.07 Å². The third-order valence-electron chi connectivity index (χ3n) is 1.94. The first-order chi connectivity index (χ1) is 7.26. The molecule has 0 aliphatic rings. The zero-order valence-electron chi connectivity index (χ0n) is 9.48. The highest BCUT2D eigenvalue weighted by Crippen LogP contribution is 2.09. The van der Waals surface area contributed by atoms with Gasteiger partial charge in [-0.2, -0.15) is 5.26 Å². The van der Waals surface area contributed by atoms with E-state index in [0.717, 1.165) is 0 Å². The summed E-state index contributed by atoms with van der Waals surface area (Å²) in [6.45, 7) is 4.42. The lowest BCUT2D eigenvalue weighted by Gasteiger charge is -1.98. The quantitative estimate of drug-likeness (QED) is 0.768. The van der Waals surface area contributed by atoms with Gasteiger partial charge >= 0.3 is 0 Å². The summed E-state index contributed by atoms with van der Waals surface area (Å²) in [6.07, 6.45) is 3.09. The standard InChI is InChI=1S/C8H7NO.C5H12/c9-6-8(10)7-4-2-1-3-5-7;1-3-5-4-2/h1-5,8,10H;3-5H2,1-2H3. The summed E-state index contributed by atoms with van der Waals surface area (Å²) >= 11 is 0. The van der Waals surface area contributed by atoms with Crippen molar-refractivity contribution in [2.24, 2.45) is 0 Å². The summed E-state index contributed by atoms with van der Waals surface area (Å²) in [4.78, 5) is 0. The highest BCUT2D eigenvalue weighted by atomic mass is 16.3. The van der Waals surface area contributed by atoms with E-state index in [1.54, 1.807) is 30.3 Å². The lowest BCUT2D eigenvalue weighted by Crippen LogP contribution is -1.90. The molecule has 0 radical (unpaired) electrons. The van der Waals surface area contributed by atoms with Gasteiger partial charge in [0, 0.05) is 0 Å². The molecule has 1 unspecified atom stereocenters. The Kier molecular flexibility index (Phi) is 8.42. The van der Waals surface area contributed by atoms with Crippen molar-refractivity contribution in [3.63, 3.8) is 0 Å². The minimum Gasteiger partial charge on any atom is -0.374 e. The van der Waals surface area contributed by atoms with Gasteiger partial charge in [-0.05, 0) is 5.56 Å². The normalized spacial score (nSPS) is 10.8. The van der Waals surface area contributed by atoms with Crippen molar-refractivity contribution in [3.8, 4) is 6.07 Å². The van der Waals surface area contributed by atoms with Crippen LogP contribution in [0.25, 0.3) is 0 Å². The molecule has 0 saturated heterocycles. The predicted octanol–water partition coefficient (Wildman–Crippen LogP) is 3.44. The van der Waals surface area contributed by atoms with Crippen molar-refractivity contribution in [2.75, 3.05) is 0 Å². The van der Waals surface area contributed by atoms with Gasteiger partial charge in [-0.1, -0.05) is 63.4 Å². The second-order valence-electron chi connectivity index (χ2n) is 3.30. The summed E-state index contributed by atoms with van der Waals surface area (Å²) in [6, 6.07) is 10.6. The van der Waals surface area contributed by atoms with Crippen LogP contribution >= 0.6 is 0 Å². The van der Waals surface area contributed by atoms with E-state index in [0.29, 0.717) is 5.56 Å². The molecule has 0 bridgehead atoms. The summed E-state index contributed by atoms with van der Waals surface area (Å²) in [5, 5.41) is 17.3. The minimum absolute atomic E-state index is 0.644. The van der Waals surface area contributed by atoms with Crippen LogP contribution in [0.1, 0.15) is 44.8 Å². The number of rotatable bonds is 3. The van der Waals surface area contributed by atoms with E-state index in [1.165, 1.54) is 19.3 Å². The smallest absolute Gasteiger partial charge is 0.165 e. The van der Waals surface area contributed by atoms with E-state index < -0.39 is 6.10 Å². The maximum Gasteiger partial charge on any atom is 0.165 e. The maximum absolute atomic E-state index is 8.97. The van der Waals surface area contributed by atoms with E-state index >= 15 is 0 Å². The molecule has 15 heavy (non-hydrogen) atoms. The van der Waals surface area contributed by atoms with Crippen molar-refractivity contribution in [1.29, 1.82) is 5.26 Å². The largest absolute Gasteiger partial charge is 0.374 e. The van der Waals surface area contributed by atoms with Crippen LogP contribution < -0.4 is 0 Å². The molecule has 0 aromatic heterocycles. The third kappa shape index (κ3) is 6.70. The van der Waals surface area contributed by atoms with E-state index in [2.05, 4.69) is 13.8 Å². The molecule has 0 saturated carbocycles. The number of benzene rings is 1. The Bertz CT molecular complexity index is 274. The van der Waals surface area contributed by atoms with Crippen molar-refractivity contribution in [3.05, 3.63) is 35.9 Å². The molecule has 0 fully saturated rings. The van der Waals surface area contributed by atoms with Crippen LogP contribution in [0.5, 0.6) is 0 Å². The molecule has 0 aliphatic carbocycles. The first kappa shape index (κ1) is 13.7. The predicted molar refractivity (Wildman–Crippen MR) is 62.2 cm³/mol. The Hall–Kier alpha value is -1.33. The average Bonchev–Trinajstić information content (AvgIpc) is 2.31. The molecule has 1 atom stereocenters. The van der Waals surface area contributed by atoms with Gasteiger partial charge in [0.15, 0.2) is 6.10 Å². The number of aliphatic hydroxyl groups is 1. The van der Waals surface area contributed by atoms with Gasteiger partial charge in [-0.25, -0.2) is 0 Å². The number of nitrogens with zero attached hydrogens (tertiary/aromatic N) is 1. The molecule has 1 aromatic carbocycles. The lowest BCUT2D eigenvalue weighted by atomic mass is 10.1. The van der Waals surface area contributed by atoms with Crippen molar-refractivity contribution in [2.45, 2.75) is 39.2 Å². The Balaban J connectivity index is 0.000000336. The van der Waals surface area contributed by atoms with E-state index in [1.807, 2.05) is 6.07 Å². The Labute approximate surface area is 92.2 Å². The Morgan fingerprint density at radius 1 is 1.20 bits per heavy atom. The topological polar surface area (TPSA) is 44.0 Å².